The van der Waals surface area contributed by atoms with Gasteiger partial charge in [0.05, 0.1) is 6.54 Å². The van der Waals surface area contributed by atoms with Gasteiger partial charge in [0.25, 0.3) is 0 Å². The summed E-state index contributed by atoms with van der Waals surface area (Å²) in [5.41, 5.74) is 0. The number of nitrogens with one attached hydrogen (secondary N) is 1. The van der Waals surface area contributed by atoms with Crippen molar-refractivity contribution >= 4 is 11.8 Å². The fourth-order valence-corrected chi connectivity index (χ4v) is 3.26. The summed E-state index contributed by atoms with van der Waals surface area (Å²) in [5, 5.41) is 2.82. The zero-order valence-corrected chi connectivity index (χ0v) is 12.5. The van der Waals surface area contributed by atoms with Crippen molar-refractivity contribution < 1.29 is 9.59 Å². The second-order valence-electron chi connectivity index (χ2n) is 6.68. The Morgan fingerprint density at radius 2 is 1.84 bits per heavy atom. The van der Waals surface area contributed by atoms with Crippen molar-refractivity contribution in [3.05, 3.63) is 0 Å². The molecular formula is C15H26N2O2. The summed E-state index contributed by atoms with van der Waals surface area (Å²) in [4.78, 5) is 26.2. The molecule has 0 aromatic carbocycles. The molecular weight excluding hydrogens is 240 g/mol. The van der Waals surface area contributed by atoms with E-state index in [1.807, 2.05) is 18.7 Å². The molecule has 2 rings (SSSR count). The van der Waals surface area contributed by atoms with Crippen LogP contribution in [0.4, 0.5) is 0 Å². The fraction of sp³-hybridized carbons (Fsp3) is 0.867. The molecule has 4 nitrogen and oxygen atoms in total. The smallest absolute Gasteiger partial charge is 0.246 e. The Kier molecular flexibility index (Phi) is 4.16. The van der Waals surface area contributed by atoms with E-state index < -0.39 is 0 Å². The maximum atomic E-state index is 12.5. The van der Waals surface area contributed by atoms with E-state index in [2.05, 4.69) is 19.2 Å². The van der Waals surface area contributed by atoms with E-state index in [-0.39, 0.29) is 36.4 Å². The summed E-state index contributed by atoms with van der Waals surface area (Å²) in [5.74, 6) is 1.62. The summed E-state index contributed by atoms with van der Waals surface area (Å²) in [6.07, 6.45) is 3.23. The first-order valence-electron chi connectivity index (χ1n) is 7.50. The molecule has 2 aliphatic rings. The maximum Gasteiger partial charge on any atom is 0.246 e. The second-order valence-corrected chi connectivity index (χ2v) is 6.68. The van der Waals surface area contributed by atoms with E-state index in [0.29, 0.717) is 5.92 Å². The average molecular weight is 266 g/mol. The Morgan fingerprint density at radius 1 is 1.16 bits per heavy atom. The van der Waals surface area contributed by atoms with E-state index in [4.69, 9.17) is 0 Å². The van der Waals surface area contributed by atoms with Crippen LogP contribution in [0.1, 0.15) is 47.0 Å². The van der Waals surface area contributed by atoms with E-state index >= 15 is 0 Å². The second kappa shape index (κ2) is 5.51. The topological polar surface area (TPSA) is 49.4 Å². The van der Waals surface area contributed by atoms with Crippen LogP contribution in [0.5, 0.6) is 0 Å². The van der Waals surface area contributed by atoms with Crippen molar-refractivity contribution in [1.82, 2.24) is 10.2 Å². The molecule has 1 N–H and O–H groups in total. The molecule has 1 saturated carbocycles. The Bertz CT molecular complexity index is 367. The van der Waals surface area contributed by atoms with Gasteiger partial charge in [0, 0.05) is 6.04 Å². The lowest BCUT2D eigenvalue weighted by Gasteiger charge is -2.43. The van der Waals surface area contributed by atoms with Gasteiger partial charge in [-0.05, 0) is 37.0 Å². The quantitative estimate of drug-likeness (QED) is 0.828. The van der Waals surface area contributed by atoms with Crippen LogP contribution in [0.3, 0.4) is 0 Å². The first-order valence-corrected chi connectivity index (χ1v) is 7.50. The van der Waals surface area contributed by atoms with E-state index in [1.165, 1.54) is 0 Å². The van der Waals surface area contributed by atoms with Crippen LogP contribution in [-0.4, -0.2) is 35.3 Å². The van der Waals surface area contributed by atoms with Gasteiger partial charge >= 0.3 is 0 Å². The van der Waals surface area contributed by atoms with Crippen LogP contribution in [-0.2, 0) is 9.59 Å². The van der Waals surface area contributed by atoms with Crippen molar-refractivity contribution in [2.24, 2.45) is 17.8 Å². The molecule has 2 amide bonds. The number of piperazine rings is 1. The van der Waals surface area contributed by atoms with E-state index in [9.17, 15) is 9.59 Å². The third-order valence-corrected chi connectivity index (χ3v) is 4.86. The largest absolute Gasteiger partial charge is 0.343 e. The number of hydrogen-bond donors (Lipinski definition) is 1. The minimum absolute atomic E-state index is 0.00965. The first-order chi connectivity index (χ1) is 8.90. The third-order valence-electron chi connectivity index (χ3n) is 4.86. The maximum absolute atomic E-state index is 12.5. The van der Waals surface area contributed by atoms with Gasteiger partial charge in [-0.1, -0.05) is 27.7 Å². The molecule has 0 radical (unpaired) electrons. The fourth-order valence-electron chi connectivity index (χ4n) is 3.26. The highest BCUT2D eigenvalue weighted by atomic mass is 16.2. The van der Waals surface area contributed by atoms with Crippen molar-refractivity contribution in [3.63, 3.8) is 0 Å². The summed E-state index contributed by atoms with van der Waals surface area (Å²) in [6, 6.07) is -0.0816. The van der Waals surface area contributed by atoms with Gasteiger partial charge in [-0.2, -0.15) is 0 Å². The number of carbonyl (C=O) groups excluding carboxylic acids is 2. The van der Waals surface area contributed by atoms with Crippen LogP contribution in [0.15, 0.2) is 0 Å². The van der Waals surface area contributed by atoms with Crippen molar-refractivity contribution in [2.45, 2.75) is 59.0 Å². The molecule has 108 valence electrons. The zero-order chi connectivity index (χ0) is 14.2. The molecule has 0 spiro atoms. The summed E-state index contributed by atoms with van der Waals surface area (Å²) in [7, 11) is 0. The van der Waals surface area contributed by atoms with Crippen LogP contribution >= 0.6 is 0 Å². The number of hydrogen-bond acceptors (Lipinski definition) is 2. The molecule has 1 aliphatic heterocycles. The van der Waals surface area contributed by atoms with E-state index in [1.54, 1.807) is 0 Å². The van der Waals surface area contributed by atoms with Crippen molar-refractivity contribution in [1.29, 1.82) is 0 Å². The lowest BCUT2D eigenvalue weighted by Crippen LogP contribution is -2.62. The van der Waals surface area contributed by atoms with Gasteiger partial charge in [0.1, 0.15) is 6.04 Å². The third kappa shape index (κ3) is 2.93. The highest BCUT2D eigenvalue weighted by Gasteiger charge is 2.39. The normalized spacial score (nSPS) is 36.6. The van der Waals surface area contributed by atoms with Gasteiger partial charge in [-0.25, -0.2) is 0 Å². The minimum atomic E-state index is -0.337. The van der Waals surface area contributed by atoms with Crippen molar-refractivity contribution in [2.75, 3.05) is 6.54 Å². The van der Waals surface area contributed by atoms with Crippen LogP contribution < -0.4 is 5.32 Å². The Labute approximate surface area is 115 Å². The van der Waals surface area contributed by atoms with Gasteiger partial charge in [0.2, 0.25) is 11.8 Å². The van der Waals surface area contributed by atoms with Gasteiger partial charge in [-0.15, -0.1) is 0 Å². The lowest BCUT2D eigenvalue weighted by molar-refractivity contribution is -0.149. The molecule has 2 fully saturated rings. The lowest BCUT2D eigenvalue weighted by atomic mass is 9.78. The Balaban J connectivity index is 2.10. The monoisotopic (exact) mass is 266 g/mol. The average Bonchev–Trinajstić information content (AvgIpc) is 2.35. The standard InChI is InChI=1S/C15H26N2O2/c1-9(2)14-15(19)17(8-13(18)16-14)12-6-5-10(3)11(4)7-12/h9-12,14H,5-8H2,1-4H3,(H,16,18). The molecule has 1 saturated heterocycles. The minimum Gasteiger partial charge on any atom is -0.343 e. The summed E-state index contributed by atoms with van der Waals surface area (Å²) < 4.78 is 0. The molecule has 19 heavy (non-hydrogen) atoms. The predicted molar refractivity (Wildman–Crippen MR) is 74.4 cm³/mol. The molecule has 4 atom stereocenters. The number of carbonyl (C=O) groups is 2. The molecule has 4 heteroatoms. The van der Waals surface area contributed by atoms with Gasteiger partial charge in [-0.3, -0.25) is 9.59 Å². The number of nitrogens with zero attached hydrogens (tertiary/aromatic N) is 1. The molecule has 4 unspecified atom stereocenters. The summed E-state index contributed by atoms with van der Waals surface area (Å²) >= 11 is 0. The Hall–Kier alpha value is -1.06. The SMILES string of the molecule is CC(C)C1NC(=O)CN(C2CCC(C)C(C)C2)C1=O. The highest BCUT2D eigenvalue weighted by molar-refractivity contribution is 5.95. The molecule has 1 aliphatic carbocycles. The summed E-state index contributed by atoms with van der Waals surface area (Å²) in [6.45, 7) is 8.75. The molecule has 0 aromatic heterocycles. The highest BCUT2D eigenvalue weighted by Crippen LogP contribution is 2.33. The predicted octanol–water partition coefficient (Wildman–Crippen LogP) is 1.79. The Morgan fingerprint density at radius 3 is 2.42 bits per heavy atom. The van der Waals surface area contributed by atoms with E-state index in [0.717, 1.165) is 25.2 Å². The number of rotatable bonds is 2. The van der Waals surface area contributed by atoms with Crippen molar-refractivity contribution in [3.8, 4) is 0 Å². The van der Waals surface area contributed by atoms with Gasteiger partial charge < -0.3 is 10.2 Å². The molecule has 1 heterocycles. The van der Waals surface area contributed by atoms with Crippen LogP contribution in [0.2, 0.25) is 0 Å². The molecule has 0 bridgehead atoms. The number of amides is 2. The first kappa shape index (κ1) is 14.4. The van der Waals surface area contributed by atoms with Crippen LogP contribution in [0.25, 0.3) is 0 Å². The van der Waals surface area contributed by atoms with Gasteiger partial charge in [0.15, 0.2) is 0 Å². The zero-order valence-electron chi connectivity index (χ0n) is 12.5. The molecule has 0 aromatic rings. The van der Waals surface area contributed by atoms with Crippen LogP contribution in [0, 0.1) is 17.8 Å².